The Bertz CT molecular complexity index is 1700. The summed E-state index contributed by atoms with van der Waals surface area (Å²) in [7, 11) is 0.438. The Hall–Kier alpha value is -3.41. The predicted octanol–water partition coefficient (Wildman–Crippen LogP) is 5.06. The monoisotopic (exact) mass is 651 g/mol. The quantitative estimate of drug-likeness (QED) is 0.335. The number of methoxy groups -OCH3 is 1. The molecule has 46 heavy (non-hydrogen) atoms. The second-order valence-electron chi connectivity index (χ2n) is 13.6. The van der Waals surface area contributed by atoms with Crippen molar-refractivity contribution in [2.75, 3.05) is 47.4 Å². The minimum atomic E-state index is -3.98. The topological polar surface area (TPSA) is 113 Å². The molecular weight excluding hydrogens is 602 g/mol. The van der Waals surface area contributed by atoms with E-state index in [4.69, 9.17) is 4.74 Å². The molecular formula is C35H49N5O5S. The summed E-state index contributed by atoms with van der Waals surface area (Å²) in [5.74, 6) is 0.491. The van der Waals surface area contributed by atoms with Crippen LogP contribution in [0.5, 0.6) is 5.75 Å². The summed E-state index contributed by atoms with van der Waals surface area (Å²) in [6.45, 7) is 9.52. The molecule has 10 nitrogen and oxygen atoms in total. The number of nitrogens with one attached hydrogen (secondary N) is 2. The number of amides is 2. The molecule has 250 valence electrons. The lowest BCUT2D eigenvalue weighted by atomic mass is 9.81. The van der Waals surface area contributed by atoms with E-state index in [1.54, 1.807) is 19.2 Å². The molecule has 2 aliphatic rings. The minimum Gasteiger partial charge on any atom is -0.497 e. The van der Waals surface area contributed by atoms with Crippen LogP contribution >= 0.6 is 0 Å². The van der Waals surface area contributed by atoms with E-state index < -0.39 is 21.5 Å². The Morgan fingerprint density at radius 3 is 2.43 bits per heavy atom. The zero-order chi connectivity index (χ0) is 33.2. The maximum absolute atomic E-state index is 14.1. The van der Waals surface area contributed by atoms with Crippen molar-refractivity contribution in [2.24, 2.45) is 5.41 Å². The third-order valence-electron chi connectivity index (χ3n) is 9.53. The maximum atomic E-state index is 14.1. The van der Waals surface area contributed by atoms with Gasteiger partial charge in [-0.2, -0.15) is 12.7 Å². The normalized spacial score (nSPS) is 16.9. The van der Waals surface area contributed by atoms with Gasteiger partial charge in [0.05, 0.1) is 18.2 Å². The fraction of sp³-hybridized carbons (Fsp3) is 0.543. The van der Waals surface area contributed by atoms with E-state index in [9.17, 15) is 18.0 Å². The number of hydrogen-bond donors (Lipinski definition) is 2. The molecule has 5 rings (SSSR count). The molecule has 0 atom stereocenters. The van der Waals surface area contributed by atoms with E-state index in [0.717, 1.165) is 83.0 Å². The largest absolute Gasteiger partial charge is 0.497 e. The first-order valence-corrected chi connectivity index (χ1v) is 17.8. The molecule has 1 aromatic heterocycles. The van der Waals surface area contributed by atoms with Crippen molar-refractivity contribution in [3.8, 4) is 17.0 Å². The Kier molecular flexibility index (Phi) is 10.1. The average Bonchev–Trinajstić information content (AvgIpc) is 3.15. The van der Waals surface area contributed by atoms with Gasteiger partial charge in [-0.25, -0.2) is 4.72 Å². The van der Waals surface area contributed by atoms with E-state index in [2.05, 4.69) is 27.6 Å². The summed E-state index contributed by atoms with van der Waals surface area (Å²) in [5, 5.41) is 4.42. The Morgan fingerprint density at radius 2 is 1.76 bits per heavy atom. The van der Waals surface area contributed by atoms with Gasteiger partial charge >= 0.3 is 10.2 Å². The van der Waals surface area contributed by atoms with Gasteiger partial charge in [-0.3, -0.25) is 9.59 Å². The summed E-state index contributed by atoms with van der Waals surface area (Å²) in [4.78, 5) is 29.5. The van der Waals surface area contributed by atoms with Crippen molar-refractivity contribution in [3.63, 3.8) is 0 Å². The number of rotatable bonds is 9. The Balaban J connectivity index is 1.73. The molecule has 2 fully saturated rings. The van der Waals surface area contributed by atoms with E-state index in [1.165, 1.54) is 26.1 Å². The predicted molar refractivity (Wildman–Crippen MR) is 182 cm³/mol. The zero-order valence-electron chi connectivity index (χ0n) is 28.1. The van der Waals surface area contributed by atoms with Crippen LogP contribution in [0.2, 0.25) is 0 Å². The molecule has 1 aliphatic heterocycles. The van der Waals surface area contributed by atoms with Gasteiger partial charge in [0.2, 0.25) is 5.91 Å². The highest BCUT2D eigenvalue weighted by Gasteiger charge is 2.36. The van der Waals surface area contributed by atoms with Crippen LogP contribution in [0, 0.1) is 12.3 Å². The molecule has 1 aliphatic carbocycles. The van der Waals surface area contributed by atoms with Crippen LogP contribution in [0.15, 0.2) is 36.4 Å². The smallest absolute Gasteiger partial charge is 0.303 e. The van der Waals surface area contributed by atoms with E-state index in [0.29, 0.717) is 25.6 Å². The van der Waals surface area contributed by atoms with Gasteiger partial charge < -0.3 is 19.5 Å². The number of ether oxygens (including phenoxy) is 1. The molecule has 0 bridgehead atoms. The van der Waals surface area contributed by atoms with Crippen LogP contribution in [0.25, 0.3) is 22.2 Å². The van der Waals surface area contributed by atoms with E-state index >= 15 is 0 Å². The molecule has 0 radical (unpaired) electrons. The highest BCUT2D eigenvalue weighted by atomic mass is 32.2. The third-order valence-corrected chi connectivity index (χ3v) is 10.9. The zero-order valence-corrected chi connectivity index (χ0v) is 28.9. The molecule has 2 N–H and O–H groups in total. The summed E-state index contributed by atoms with van der Waals surface area (Å²) in [6, 6.07) is 11.6. The molecule has 1 saturated carbocycles. The number of hydrogen-bond acceptors (Lipinski definition) is 6. The lowest BCUT2D eigenvalue weighted by molar-refractivity contribution is -0.140. The first-order chi connectivity index (χ1) is 21.8. The first kappa shape index (κ1) is 33.9. The van der Waals surface area contributed by atoms with Crippen molar-refractivity contribution in [3.05, 3.63) is 53.1 Å². The summed E-state index contributed by atoms with van der Waals surface area (Å²) in [5.41, 5.74) is 4.70. The van der Waals surface area contributed by atoms with Gasteiger partial charge in [-0.1, -0.05) is 25.3 Å². The molecule has 2 heterocycles. The van der Waals surface area contributed by atoms with Gasteiger partial charge in [0.25, 0.3) is 5.91 Å². The second kappa shape index (κ2) is 13.8. The van der Waals surface area contributed by atoms with Crippen LogP contribution in [-0.4, -0.2) is 81.4 Å². The minimum absolute atomic E-state index is 0.0978. The van der Waals surface area contributed by atoms with Crippen molar-refractivity contribution < 1.29 is 22.7 Å². The lowest BCUT2D eigenvalue weighted by Gasteiger charge is -2.33. The SMILES string of the molecule is COc1ccc(-c2c(C3CCCCC3)c3ccc(C(=O)NS(=O)(=O)N(C)C)cc3n2CC(C)(C)C(=O)N2CCCNCC2)c(C)c1. The molecule has 2 amide bonds. The third kappa shape index (κ3) is 6.96. The number of aryl methyl sites for hydroxylation is 1. The summed E-state index contributed by atoms with van der Waals surface area (Å²) >= 11 is 0. The summed E-state index contributed by atoms with van der Waals surface area (Å²) in [6.07, 6.45) is 6.54. The van der Waals surface area contributed by atoms with Gasteiger partial charge in [0, 0.05) is 62.3 Å². The fourth-order valence-electron chi connectivity index (χ4n) is 7.01. The van der Waals surface area contributed by atoms with Crippen LogP contribution in [0.1, 0.15) is 79.8 Å². The number of carbonyl (C=O) groups excluding carboxylic acids is 2. The number of carbonyl (C=O) groups is 2. The van der Waals surface area contributed by atoms with Crippen LogP contribution in [0.4, 0.5) is 0 Å². The molecule has 2 aromatic carbocycles. The number of aromatic nitrogens is 1. The van der Waals surface area contributed by atoms with Crippen molar-refractivity contribution in [2.45, 2.75) is 71.8 Å². The van der Waals surface area contributed by atoms with Gasteiger partial charge in [0.15, 0.2) is 0 Å². The molecule has 0 unspecified atom stereocenters. The highest BCUT2D eigenvalue weighted by Crippen LogP contribution is 2.46. The Morgan fingerprint density at radius 1 is 1.02 bits per heavy atom. The van der Waals surface area contributed by atoms with Crippen molar-refractivity contribution in [1.82, 2.24) is 23.8 Å². The highest BCUT2D eigenvalue weighted by molar-refractivity contribution is 7.87. The van der Waals surface area contributed by atoms with E-state index in [1.807, 2.05) is 36.9 Å². The molecule has 1 saturated heterocycles. The molecule has 3 aromatic rings. The lowest BCUT2D eigenvalue weighted by Crippen LogP contribution is -2.44. The fourth-order valence-corrected chi connectivity index (χ4v) is 7.55. The van der Waals surface area contributed by atoms with Gasteiger partial charge in [0.1, 0.15) is 5.75 Å². The number of fused-ring (bicyclic) bond motifs is 1. The maximum Gasteiger partial charge on any atom is 0.303 e. The standard InChI is InChI=1S/C35H49N5O5S/c1-24-21-27(45-6)14-16-28(24)32-31(25-11-8-7-9-12-25)29-15-13-26(33(41)37-46(43,44)38(4)5)22-30(29)40(32)23-35(2,3)34(42)39-19-10-17-36-18-20-39/h13-16,21-22,25,36H,7-12,17-20,23H2,1-6H3,(H,37,41). The number of nitrogens with zero attached hydrogens (tertiary/aromatic N) is 3. The van der Waals surface area contributed by atoms with Crippen LogP contribution in [-0.2, 0) is 21.5 Å². The van der Waals surface area contributed by atoms with Crippen molar-refractivity contribution >= 4 is 32.9 Å². The summed E-state index contributed by atoms with van der Waals surface area (Å²) < 4.78 is 36.0. The Labute approximate surface area is 273 Å². The van der Waals surface area contributed by atoms with E-state index in [-0.39, 0.29) is 11.5 Å². The molecule has 0 spiro atoms. The van der Waals surface area contributed by atoms with Crippen LogP contribution < -0.4 is 14.8 Å². The van der Waals surface area contributed by atoms with Crippen molar-refractivity contribution in [1.29, 1.82) is 0 Å². The molecule has 11 heteroatoms. The van der Waals surface area contributed by atoms with Crippen LogP contribution in [0.3, 0.4) is 0 Å². The van der Waals surface area contributed by atoms with Gasteiger partial charge in [-0.15, -0.1) is 0 Å². The first-order valence-electron chi connectivity index (χ1n) is 16.4. The second-order valence-corrected chi connectivity index (χ2v) is 15.5. The average molecular weight is 652 g/mol. The number of benzene rings is 2. The van der Waals surface area contributed by atoms with Gasteiger partial charge in [-0.05, 0) is 94.0 Å².